The summed E-state index contributed by atoms with van der Waals surface area (Å²) < 4.78 is 0. The van der Waals surface area contributed by atoms with Crippen molar-refractivity contribution in [3.8, 4) is 0 Å². The van der Waals surface area contributed by atoms with Crippen LogP contribution in [0.25, 0.3) is 0 Å². The number of rotatable bonds is 3. The number of amides is 1. The first kappa shape index (κ1) is 14.4. The Labute approximate surface area is 123 Å². The predicted molar refractivity (Wildman–Crippen MR) is 78.8 cm³/mol. The molecule has 0 saturated carbocycles. The van der Waals surface area contributed by atoms with Gasteiger partial charge in [-0.2, -0.15) is 0 Å². The predicted octanol–water partition coefficient (Wildman–Crippen LogP) is 2.85. The molecule has 0 aliphatic carbocycles. The van der Waals surface area contributed by atoms with E-state index in [-0.39, 0.29) is 5.91 Å². The van der Waals surface area contributed by atoms with Gasteiger partial charge in [0.25, 0.3) is 5.91 Å². The third kappa shape index (κ3) is 3.96. The van der Waals surface area contributed by atoms with E-state index in [1.54, 1.807) is 24.3 Å². The van der Waals surface area contributed by atoms with Crippen molar-refractivity contribution >= 4 is 29.1 Å². The fraction of sp³-hybridized carbons (Fsp3) is 0.357. The van der Waals surface area contributed by atoms with Crippen LogP contribution in [0.4, 0.5) is 0 Å². The lowest BCUT2D eigenvalue weighted by Crippen LogP contribution is -2.48. The molecule has 1 amide bonds. The zero-order chi connectivity index (χ0) is 13.7. The molecule has 0 aromatic heterocycles. The van der Waals surface area contributed by atoms with Crippen LogP contribution in [-0.2, 0) is 0 Å². The van der Waals surface area contributed by atoms with Crippen LogP contribution in [0.3, 0.4) is 0 Å². The van der Waals surface area contributed by atoms with Gasteiger partial charge < -0.3 is 4.90 Å². The summed E-state index contributed by atoms with van der Waals surface area (Å²) in [5.74, 6) is 0.0510. The van der Waals surface area contributed by atoms with E-state index in [1.807, 2.05) is 11.0 Å². The molecule has 3 nitrogen and oxygen atoms in total. The van der Waals surface area contributed by atoms with E-state index >= 15 is 0 Å². The first-order valence-corrected chi connectivity index (χ1v) is 7.04. The van der Waals surface area contributed by atoms with Crippen LogP contribution in [0.2, 0.25) is 5.02 Å². The number of benzene rings is 1. The molecule has 5 heteroatoms. The quantitative estimate of drug-likeness (QED) is 0.857. The van der Waals surface area contributed by atoms with Gasteiger partial charge in [0.2, 0.25) is 0 Å². The van der Waals surface area contributed by atoms with Crippen LogP contribution in [0.1, 0.15) is 10.4 Å². The average Bonchev–Trinajstić information content (AvgIpc) is 2.45. The summed E-state index contributed by atoms with van der Waals surface area (Å²) in [6, 6.07) is 7.09. The van der Waals surface area contributed by atoms with E-state index in [9.17, 15) is 4.79 Å². The highest BCUT2D eigenvalue weighted by molar-refractivity contribution is 6.30. The third-order valence-corrected chi connectivity index (χ3v) is 3.60. The highest BCUT2D eigenvalue weighted by Gasteiger charge is 2.21. The Kier molecular flexibility index (Phi) is 5.25. The van der Waals surface area contributed by atoms with Crippen molar-refractivity contribution < 1.29 is 4.79 Å². The third-order valence-electron chi connectivity index (χ3n) is 3.18. The van der Waals surface area contributed by atoms with Gasteiger partial charge in [0, 0.05) is 48.8 Å². The fourth-order valence-electron chi connectivity index (χ4n) is 2.13. The van der Waals surface area contributed by atoms with E-state index in [1.165, 1.54) is 5.54 Å². The summed E-state index contributed by atoms with van der Waals surface area (Å²) in [5.41, 5.74) is 2.19. The highest BCUT2D eigenvalue weighted by atomic mass is 35.5. The normalized spacial score (nSPS) is 17.1. The number of carbonyl (C=O) groups excluding carboxylic acids is 1. The molecular formula is C14H16Cl2N2O. The summed E-state index contributed by atoms with van der Waals surface area (Å²) in [4.78, 5) is 16.4. The minimum absolute atomic E-state index is 0.0510. The first-order chi connectivity index (χ1) is 9.20. The number of carbonyl (C=O) groups is 1. The SMILES string of the molecule is O=C(c1cccc(Cl)c1)N1CCN(C/C=C/Cl)CC1. The molecule has 0 radical (unpaired) electrons. The lowest BCUT2D eigenvalue weighted by atomic mass is 10.2. The van der Waals surface area contributed by atoms with Crippen molar-refractivity contribution in [1.82, 2.24) is 9.80 Å². The van der Waals surface area contributed by atoms with E-state index in [4.69, 9.17) is 23.2 Å². The Morgan fingerprint density at radius 2 is 2.00 bits per heavy atom. The Morgan fingerprint density at radius 1 is 1.26 bits per heavy atom. The van der Waals surface area contributed by atoms with E-state index in [0.29, 0.717) is 10.6 Å². The topological polar surface area (TPSA) is 23.6 Å². The molecule has 1 aromatic carbocycles. The van der Waals surface area contributed by atoms with Crippen molar-refractivity contribution in [3.05, 3.63) is 46.5 Å². The largest absolute Gasteiger partial charge is 0.336 e. The Morgan fingerprint density at radius 3 is 2.63 bits per heavy atom. The van der Waals surface area contributed by atoms with Crippen LogP contribution < -0.4 is 0 Å². The van der Waals surface area contributed by atoms with Gasteiger partial charge in [0.05, 0.1) is 0 Å². The van der Waals surface area contributed by atoms with E-state index in [0.717, 1.165) is 32.7 Å². The summed E-state index contributed by atoms with van der Waals surface area (Å²) >= 11 is 11.4. The van der Waals surface area contributed by atoms with Crippen LogP contribution >= 0.6 is 23.2 Å². The van der Waals surface area contributed by atoms with Crippen LogP contribution in [0.5, 0.6) is 0 Å². The van der Waals surface area contributed by atoms with Gasteiger partial charge in [-0.25, -0.2) is 0 Å². The number of halogens is 2. The van der Waals surface area contributed by atoms with Crippen LogP contribution in [0.15, 0.2) is 35.9 Å². The molecule has 1 heterocycles. The average molecular weight is 299 g/mol. The summed E-state index contributed by atoms with van der Waals surface area (Å²) in [6.45, 7) is 4.05. The second kappa shape index (κ2) is 6.94. The highest BCUT2D eigenvalue weighted by Crippen LogP contribution is 2.14. The molecule has 1 aliphatic heterocycles. The molecule has 19 heavy (non-hydrogen) atoms. The van der Waals surface area contributed by atoms with Gasteiger partial charge in [0.15, 0.2) is 0 Å². The van der Waals surface area contributed by atoms with E-state index in [2.05, 4.69) is 4.90 Å². The second-order valence-corrected chi connectivity index (χ2v) is 5.15. The molecular weight excluding hydrogens is 283 g/mol. The maximum Gasteiger partial charge on any atom is 0.253 e. The number of hydrogen-bond donors (Lipinski definition) is 0. The van der Waals surface area contributed by atoms with E-state index < -0.39 is 0 Å². The molecule has 1 aliphatic rings. The monoisotopic (exact) mass is 298 g/mol. The molecule has 2 rings (SSSR count). The van der Waals surface area contributed by atoms with Crippen molar-refractivity contribution in [2.24, 2.45) is 0 Å². The van der Waals surface area contributed by atoms with Gasteiger partial charge in [0.1, 0.15) is 0 Å². The van der Waals surface area contributed by atoms with Gasteiger partial charge >= 0.3 is 0 Å². The first-order valence-electron chi connectivity index (χ1n) is 6.23. The van der Waals surface area contributed by atoms with Crippen LogP contribution in [0, 0.1) is 0 Å². The molecule has 0 N–H and O–H groups in total. The maximum absolute atomic E-state index is 12.3. The zero-order valence-electron chi connectivity index (χ0n) is 10.6. The number of hydrogen-bond acceptors (Lipinski definition) is 2. The number of piperazine rings is 1. The summed E-state index contributed by atoms with van der Waals surface area (Å²) in [6.07, 6.45) is 1.91. The minimum Gasteiger partial charge on any atom is -0.336 e. The van der Waals surface area contributed by atoms with Gasteiger partial charge in [-0.05, 0) is 18.2 Å². The fourth-order valence-corrected chi connectivity index (χ4v) is 2.40. The summed E-state index contributed by atoms with van der Waals surface area (Å²) in [7, 11) is 0. The molecule has 0 spiro atoms. The Bertz CT molecular complexity index is 468. The maximum atomic E-state index is 12.3. The molecule has 0 atom stereocenters. The van der Waals surface area contributed by atoms with Gasteiger partial charge in [-0.1, -0.05) is 35.3 Å². The van der Waals surface area contributed by atoms with Crippen molar-refractivity contribution in [1.29, 1.82) is 0 Å². The lowest BCUT2D eigenvalue weighted by molar-refractivity contribution is 0.0650. The number of nitrogens with zero attached hydrogens (tertiary/aromatic N) is 2. The standard InChI is InChI=1S/C14H16Cl2N2O/c15-5-2-6-17-7-9-18(10-8-17)14(19)12-3-1-4-13(16)11-12/h1-5,11H,6-10H2/b5-2+. The molecule has 1 fully saturated rings. The molecule has 0 unspecified atom stereocenters. The summed E-state index contributed by atoms with van der Waals surface area (Å²) in [5, 5.41) is 0.594. The van der Waals surface area contributed by atoms with Crippen LogP contribution in [-0.4, -0.2) is 48.4 Å². The van der Waals surface area contributed by atoms with Crippen molar-refractivity contribution in [3.63, 3.8) is 0 Å². The van der Waals surface area contributed by atoms with Gasteiger partial charge in [-0.3, -0.25) is 9.69 Å². The Balaban J connectivity index is 1.92. The molecule has 0 bridgehead atoms. The molecule has 1 aromatic rings. The van der Waals surface area contributed by atoms with Crippen molar-refractivity contribution in [2.45, 2.75) is 0 Å². The molecule has 102 valence electrons. The van der Waals surface area contributed by atoms with Gasteiger partial charge in [-0.15, -0.1) is 0 Å². The minimum atomic E-state index is 0.0510. The second-order valence-electron chi connectivity index (χ2n) is 4.46. The van der Waals surface area contributed by atoms with Crippen molar-refractivity contribution in [2.75, 3.05) is 32.7 Å². The Hall–Kier alpha value is -1.03. The zero-order valence-corrected chi connectivity index (χ0v) is 12.1. The molecule has 1 saturated heterocycles. The lowest BCUT2D eigenvalue weighted by Gasteiger charge is -2.34. The smallest absolute Gasteiger partial charge is 0.253 e.